The Balaban J connectivity index is 2.15. The van der Waals surface area contributed by atoms with Crippen LogP contribution < -0.4 is 16.6 Å². The van der Waals surface area contributed by atoms with Gasteiger partial charge >= 0.3 is 0 Å². The third-order valence-corrected chi connectivity index (χ3v) is 3.01. The van der Waals surface area contributed by atoms with E-state index in [2.05, 4.69) is 26.2 Å². The molecule has 0 aliphatic carbocycles. The van der Waals surface area contributed by atoms with E-state index in [1.165, 1.54) is 24.7 Å². The lowest BCUT2D eigenvalue weighted by atomic mass is 10.2. The van der Waals surface area contributed by atoms with Gasteiger partial charge in [0.05, 0.1) is 17.7 Å². The molecule has 0 atom stereocenters. The Morgan fingerprint density at radius 2 is 2.25 bits per heavy atom. The van der Waals surface area contributed by atoms with Gasteiger partial charge in [0, 0.05) is 6.20 Å². The number of benzene rings is 1. The lowest BCUT2D eigenvalue weighted by Crippen LogP contribution is -2.28. The average Bonchev–Trinajstić information content (AvgIpc) is 2.39. The van der Waals surface area contributed by atoms with Crippen LogP contribution in [0.2, 0.25) is 0 Å². The van der Waals surface area contributed by atoms with Crippen molar-refractivity contribution in [1.29, 1.82) is 0 Å². The maximum atomic E-state index is 13.1. The quantitative estimate of drug-likeness (QED) is 0.825. The Kier molecular flexibility index (Phi) is 4.14. The van der Waals surface area contributed by atoms with E-state index >= 15 is 0 Å². The van der Waals surface area contributed by atoms with Gasteiger partial charge in [0.25, 0.3) is 5.56 Å². The fourth-order valence-corrected chi connectivity index (χ4v) is 1.86. The van der Waals surface area contributed by atoms with Crippen molar-refractivity contribution >= 4 is 33.2 Å². The molecule has 1 aromatic heterocycles. The summed E-state index contributed by atoms with van der Waals surface area (Å²) < 4.78 is 14.4. The molecule has 0 fully saturated rings. The lowest BCUT2D eigenvalue weighted by Gasteiger charge is -2.09. The summed E-state index contributed by atoms with van der Waals surface area (Å²) >= 11 is 3.03. The van der Waals surface area contributed by atoms with Gasteiger partial charge in [-0.25, -0.2) is 9.37 Å². The van der Waals surface area contributed by atoms with Crippen LogP contribution >= 0.6 is 15.9 Å². The van der Waals surface area contributed by atoms with Crippen LogP contribution in [0.25, 0.3) is 0 Å². The van der Waals surface area contributed by atoms with Crippen molar-refractivity contribution in [3.8, 4) is 0 Å². The minimum absolute atomic E-state index is 0.158. The molecule has 0 saturated carbocycles. The molecule has 0 aliphatic rings. The third-order valence-electron chi connectivity index (χ3n) is 2.46. The highest BCUT2D eigenvalue weighted by atomic mass is 79.9. The fourth-order valence-electron chi connectivity index (χ4n) is 1.52. The summed E-state index contributed by atoms with van der Waals surface area (Å²) in [4.78, 5) is 27.3. The van der Waals surface area contributed by atoms with Crippen molar-refractivity contribution in [2.45, 2.75) is 6.54 Å². The molecule has 2 aromatic rings. The minimum atomic E-state index is -0.518. The Bertz CT molecular complexity index is 717. The number of nitrogens with one attached hydrogen (secondary N) is 1. The summed E-state index contributed by atoms with van der Waals surface area (Å²) in [5.74, 6) is -1.03. The molecule has 0 unspecified atom stereocenters. The summed E-state index contributed by atoms with van der Waals surface area (Å²) in [7, 11) is 0. The van der Waals surface area contributed by atoms with Crippen molar-refractivity contribution < 1.29 is 9.18 Å². The normalized spacial score (nSPS) is 10.3. The Morgan fingerprint density at radius 3 is 3.00 bits per heavy atom. The van der Waals surface area contributed by atoms with Crippen molar-refractivity contribution in [3.63, 3.8) is 0 Å². The summed E-state index contributed by atoms with van der Waals surface area (Å²) in [6.07, 6.45) is 2.57. The van der Waals surface area contributed by atoms with E-state index in [9.17, 15) is 14.0 Å². The first kappa shape index (κ1) is 14.2. The minimum Gasteiger partial charge on any atom is -0.397 e. The van der Waals surface area contributed by atoms with E-state index in [0.717, 1.165) is 10.6 Å². The van der Waals surface area contributed by atoms with Crippen molar-refractivity contribution in [3.05, 3.63) is 51.4 Å². The molecule has 20 heavy (non-hydrogen) atoms. The highest BCUT2D eigenvalue weighted by Crippen LogP contribution is 2.19. The van der Waals surface area contributed by atoms with Crippen LogP contribution in [-0.4, -0.2) is 15.5 Å². The molecule has 1 aromatic carbocycles. The number of nitrogens with two attached hydrogens (primary N) is 1. The number of nitrogens with zero attached hydrogens (tertiary/aromatic N) is 2. The molecule has 0 radical (unpaired) electrons. The van der Waals surface area contributed by atoms with Crippen molar-refractivity contribution in [2.24, 2.45) is 0 Å². The second-order valence-electron chi connectivity index (χ2n) is 3.95. The van der Waals surface area contributed by atoms with Gasteiger partial charge in [0.15, 0.2) is 0 Å². The molecule has 104 valence electrons. The van der Waals surface area contributed by atoms with Crippen LogP contribution in [0.3, 0.4) is 0 Å². The maximum Gasteiger partial charge on any atom is 0.268 e. The first-order valence-corrected chi connectivity index (χ1v) is 6.31. The van der Waals surface area contributed by atoms with Crippen LogP contribution in [0.4, 0.5) is 15.8 Å². The molecule has 1 heterocycles. The standard InChI is InChI=1S/C12H10BrFN4O2/c13-8-4-16-6-18(12(8)20)5-11(19)17-10-3-7(14)1-2-9(10)15/h1-4,6H,5,15H2,(H,17,19). The Morgan fingerprint density at radius 1 is 1.50 bits per heavy atom. The van der Waals surface area contributed by atoms with Gasteiger partial charge in [-0.2, -0.15) is 0 Å². The van der Waals surface area contributed by atoms with Crippen LogP contribution in [0.5, 0.6) is 0 Å². The number of rotatable bonds is 3. The lowest BCUT2D eigenvalue weighted by molar-refractivity contribution is -0.116. The Hall–Kier alpha value is -2.22. The second-order valence-corrected chi connectivity index (χ2v) is 4.81. The molecular weight excluding hydrogens is 331 g/mol. The number of amides is 1. The molecule has 0 spiro atoms. The number of hydrogen-bond donors (Lipinski definition) is 2. The average molecular weight is 341 g/mol. The van der Waals surface area contributed by atoms with Gasteiger partial charge in [0.1, 0.15) is 16.8 Å². The monoisotopic (exact) mass is 340 g/mol. The highest BCUT2D eigenvalue weighted by molar-refractivity contribution is 9.10. The topological polar surface area (TPSA) is 90.0 Å². The van der Waals surface area contributed by atoms with E-state index < -0.39 is 11.7 Å². The van der Waals surface area contributed by atoms with Crippen LogP contribution in [0.15, 0.2) is 40.0 Å². The number of aromatic nitrogens is 2. The van der Waals surface area contributed by atoms with Crippen molar-refractivity contribution in [1.82, 2.24) is 9.55 Å². The molecule has 3 N–H and O–H groups in total. The van der Waals surface area contributed by atoms with E-state index in [-0.39, 0.29) is 28.0 Å². The zero-order valence-corrected chi connectivity index (χ0v) is 11.7. The number of hydrogen-bond acceptors (Lipinski definition) is 4. The Labute approximate surface area is 121 Å². The predicted octanol–water partition coefficient (Wildman–Crippen LogP) is 1.37. The van der Waals surface area contributed by atoms with E-state index in [1.54, 1.807) is 0 Å². The molecule has 0 bridgehead atoms. The first-order valence-electron chi connectivity index (χ1n) is 5.52. The smallest absolute Gasteiger partial charge is 0.268 e. The second kappa shape index (κ2) is 5.83. The highest BCUT2D eigenvalue weighted by Gasteiger charge is 2.09. The number of carbonyl (C=O) groups excluding carboxylic acids is 1. The van der Waals surface area contributed by atoms with Gasteiger partial charge in [-0.05, 0) is 34.1 Å². The third kappa shape index (κ3) is 3.21. The number of halogens is 2. The molecule has 0 saturated heterocycles. The SMILES string of the molecule is Nc1ccc(F)cc1NC(=O)Cn1cncc(Br)c1=O. The van der Waals surface area contributed by atoms with Gasteiger partial charge in [-0.1, -0.05) is 0 Å². The molecule has 2 rings (SSSR count). The van der Waals surface area contributed by atoms with E-state index in [4.69, 9.17) is 5.73 Å². The van der Waals surface area contributed by atoms with Crippen LogP contribution in [0.1, 0.15) is 0 Å². The summed E-state index contributed by atoms with van der Waals surface area (Å²) in [5, 5.41) is 2.44. The molecule has 8 heteroatoms. The molecule has 0 aliphatic heterocycles. The predicted molar refractivity (Wildman–Crippen MR) is 75.6 cm³/mol. The van der Waals surface area contributed by atoms with Crippen LogP contribution in [0, 0.1) is 5.82 Å². The summed E-state index contributed by atoms with van der Waals surface area (Å²) in [6.45, 7) is -0.249. The first-order chi connectivity index (χ1) is 9.47. The van der Waals surface area contributed by atoms with Gasteiger partial charge in [-0.15, -0.1) is 0 Å². The summed E-state index contributed by atoms with van der Waals surface area (Å²) in [5.41, 5.74) is 5.62. The van der Waals surface area contributed by atoms with E-state index in [1.807, 2.05) is 0 Å². The van der Waals surface area contributed by atoms with Gasteiger partial charge < -0.3 is 11.1 Å². The molecule has 1 amide bonds. The van der Waals surface area contributed by atoms with Gasteiger partial charge in [-0.3, -0.25) is 14.2 Å². The molecule has 6 nitrogen and oxygen atoms in total. The largest absolute Gasteiger partial charge is 0.397 e. The fraction of sp³-hybridized carbons (Fsp3) is 0.0833. The maximum absolute atomic E-state index is 13.1. The molecular formula is C12H10BrFN4O2. The number of anilines is 2. The summed E-state index contributed by atoms with van der Waals surface area (Å²) in [6, 6.07) is 3.64. The van der Waals surface area contributed by atoms with E-state index in [0.29, 0.717) is 0 Å². The zero-order chi connectivity index (χ0) is 14.7. The van der Waals surface area contributed by atoms with Crippen molar-refractivity contribution in [2.75, 3.05) is 11.1 Å². The number of nitrogen functional groups attached to an aromatic ring is 1. The number of carbonyl (C=O) groups is 1. The zero-order valence-electron chi connectivity index (χ0n) is 10.1. The van der Waals surface area contributed by atoms with Gasteiger partial charge in [0.2, 0.25) is 5.91 Å². The van der Waals surface area contributed by atoms with Crippen LogP contribution in [-0.2, 0) is 11.3 Å².